The van der Waals surface area contributed by atoms with Crippen LogP contribution in [-0.2, 0) is 10.8 Å². The van der Waals surface area contributed by atoms with E-state index in [1.54, 1.807) is 5.01 Å². The predicted molar refractivity (Wildman–Crippen MR) is 153 cm³/mol. The number of anilines is 1. The van der Waals surface area contributed by atoms with Gasteiger partial charge in [0.25, 0.3) is 0 Å². The summed E-state index contributed by atoms with van der Waals surface area (Å²) in [6, 6.07) is 25.1. The number of hydrogen-bond acceptors (Lipinski definition) is 3. The van der Waals surface area contributed by atoms with Gasteiger partial charge in [0.15, 0.2) is 0 Å². The molecule has 0 fully saturated rings. The summed E-state index contributed by atoms with van der Waals surface area (Å²) in [4.78, 5) is 0. The maximum atomic E-state index is 11.7. The van der Waals surface area contributed by atoms with Crippen LogP contribution in [-0.4, -0.2) is 17.9 Å². The zero-order valence-electron chi connectivity index (χ0n) is 22.2. The third-order valence-corrected chi connectivity index (χ3v) is 7.33. The highest BCUT2D eigenvalue weighted by molar-refractivity contribution is 6.11. The highest BCUT2D eigenvalue weighted by atomic mass is 16.3. The minimum absolute atomic E-state index is 0.251. The molecule has 0 saturated carbocycles. The normalized spacial score (nSPS) is 16.1. The Morgan fingerprint density at radius 2 is 1.31 bits per heavy atom. The Morgan fingerprint density at radius 3 is 1.89 bits per heavy atom. The quantitative estimate of drug-likeness (QED) is 0.367. The first kappa shape index (κ1) is 25.2. The highest BCUT2D eigenvalue weighted by Gasteiger charge is 2.32. The summed E-state index contributed by atoms with van der Waals surface area (Å²) >= 11 is 0. The number of aromatic hydroxyl groups is 1. The number of allylic oxidation sites excluding steroid dienone is 6. The summed E-state index contributed by atoms with van der Waals surface area (Å²) in [6.45, 7) is 10.8. The molecule has 0 bridgehead atoms. The molecule has 0 aromatic heterocycles. The standard InChI is InChI=1S/C33H36N2O/c1-7-24-16-14-15-21-29(24)34-35(6)30-23-27(32(2,3)25-17-10-8-11-18-25)22-28(31(30)36)33(4,5)26-19-12-9-13-20-26/h7-23,36H,1-6H3/b24-7?,34-29-. The summed E-state index contributed by atoms with van der Waals surface area (Å²) in [5.41, 5.74) is 6.26. The molecule has 3 nitrogen and oxygen atoms in total. The topological polar surface area (TPSA) is 35.8 Å². The zero-order chi connectivity index (χ0) is 25.9. The first-order valence-electron chi connectivity index (χ1n) is 12.5. The Kier molecular flexibility index (Phi) is 7.03. The number of nitrogens with zero attached hydrogens (tertiary/aromatic N) is 2. The number of hydrazone groups is 1. The Balaban J connectivity index is 1.93. The number of phenols is 1. The third kappa shape index (κ3) is 4.79. The van der Waals surface area contributed by atoms with Gasteiger partial charge in [0.2, 0.25) is 0 Å². The van der Waals surface area contributed by atoms with Gasteiger partial charge in [-0.15, -0.1) is 0 Å². The molecule has 3 aromatic carbocycles. The van der Waals surface area contributed by atoms with E-state index in [9.17, 15) is 5.11 Å². The molecule has 1 aliphatic rings. The van der Waals surface area contributed by atoms with E-state index < -0.39 is 5.41 Å². The van der Waals surface area contributed by atoms with Gasteiger partial charge in [0, 0.05) is 23.4 Å². The molecule has 184 valence electrons. The highest BCUT2D eigenvalue weighted by Crippen LogP contribution is 2.45. The van der Waals surface area contributed by atoms with Crippen molar-refractivity contribution in [1.29, 1.82) is 0 Å². The van der Waals surface area contributed by atoms with Gasteiger partial charge in [-0.1, -0.05) is 119 Å². The Hall–Kier alpha value is -3.85. The van der Waals surface area contributed by atoms with Crippen molar-refractivity contribution in [2.24, 2.45) is 5.10 Å². The molecule has 3 aromatic rings. The van der Waals surface area contributed by atoms with Crippen LogP contribution in [0.5, 0.6) is 5.75 Å². The van der Waals surface area contributed by atoms with Crippen LogP contribution < -0.4 is 5.01 Å². The molecule has 4 rings (SSSR count). The second kappa shape index (κ2) is 10.0. The maximum Gasteiger partial charge on any atom is 0.144 e. The van der Waals surface area contributed by atoms with Crippen molar-refractivity contribution in [1.82, 2.24) is 0 Å². The molecule has 36 heavy (non-hydrogen) atoms. The van der Waals surface area contributed by atoms with Crippen LogP contribution in [0.1, 0.15) is 56.9 Å². The molecule has 3 heteroatoms. The summed E-state index contributed by atoms with van der Waals surface area (Å²) in [7, 11) is 1.90. The summed E-state index contributed by atoms with van der Waals surface area (Å²) in [6.07, 6.45) is 10.1. The minimum atomic E-state index is -0.418. The lowest BCUT2D eigenvalue weighted by molar-refractivity contribution is 0.451. The molecule has 0 radical (unpaired) electrons. The van der Waals surface area contributed by atoms with E-state index >= 15 is 0 Å². The summed E-state index contributed by atoms with van der Waals surface area (Å²) in [5, 5.41) is 18.4. The van der Waals surface area contributed by atoms with Gasteiger partial charge < -0.3 is 5.11 Å². The smallest absolute Gasteiger partial charge is 0.144 e. The van der Waals surface area contributed by atoms with E-state index in [-0.39, 0.29) is 11.2 Å². The van der Waals surface area contributed by atoms with Gasteiger partial charge in [0.05, 0.1) is 5.71 Å². The van der Waals surface area contributed by atoms with E-state index in [1.165, 1.54) is 5.56 Å². The van der Waals surface area contributed by atoms with Crippen LogP contribution in [0.4, 0.5) is 5.69 Å². The third-order valence-electron chi connectivity index (χ3n) is 7.33. The minimum Gasteiger partial charge on any atom is -0.505 e. The zero-order valence-corrected chi connectivity index (χ0v) is 22.2. The Labute approximate surface area is 215 Å². The van der Waals surface area contributed by atoms with E-state index in [0.717, 1.165) is 28.0 Å². The van der Waals surface area contributed by atoms with Gasteiger partial charge in [-0.3, -0.25) is 5.01 Å². The lowest BCUT2D eigenvalue weighted by atomic mass is 9.72. The van der Waals surface area contributed by atoms with Crippen molar-refractivity contribution >= 4 is 11.4 Å². The molecule has 0 unspecified atom stereocenters. The van der Waals surface area contributed by atoms with Crippen LogP contribution in [0, 0.1) is 0 Å². The average Bonchev–Trinajstić information content (AvgIpc) is 2.89. The molecular formula is C33H36N2O. The van der Waals surface area contributed by atoms with Crippen molar-refractivity contribution < 1.29 is 5.11 Å². The van der Waals surface area contributed by atoms with Gasteiger partial charge in [-0.05, 0) is 41.3 Å². The monoisotopic (exact) mass is 476 g/mol. The molecule has 0 amide bonds. The van der Waals surface area contributed by atoms with Crippen molar-refractivity contribution in [3.8, 4) is 5.75 Å². The van der Waals surface area contributed by atoms with E-state index in [4.69, 9.17) is 5.10 Å². The van der Waals surface area contributed by atoms with E-state index in [1.807, 2.05) is 68.6 Å². The van der Waals surface area contributed by atoms with Crippen molar-refractivity contribution in [2.45, 2.75) is 45.4 Å². The lowest BCUT2D eigenvalue weighted by Gasteiger charge is -2.33. The Morgan fingerprint density at radius 1 is 0.750 bits per heavy atom. The SMILES string of the molecule is CC=C1C=CC=C/C1=N/N(C)c1cc(C(C)(C)c2ccccc2)cc(C(C)(C)c2ccccc2)c1O. The van der Waals surface area contributed by atoms with Crippen molar-refractivity contribution in [3.05, 3.63) is 131 Å². The Bertz CT molecular complexity index is 1340. The van der Waals surface area contributed by atoms with Crippen LogP contribution in [0.2, 0.25) is 0 Å². The molecule has 0 saturated heterocycles. The largest absolute Gasteiger partial charge is 0.505 e. The number of phenolic OH excluding ortho intramolecular Hbond substituents is 1. The van der Waals surface area contributed by atoms with Crippen molar-refractivity contribution in [3.63, 3.8) is 0 Å². The molecule has 1 aliphatic carbocycles. The summed E-state index contributed by atoms with van der Waals surface area (Å²) in [5.74, 6) is 0.251. The van der Waals surface area contributed by atoms with Crippen LogP contribution >= 0.6 is 0 Å². The average molecular weight is 477 g/mol. The number of hydrogen-bond donors (Lipinski definition) is 1. The first-order valence-corrected chi connectivity index (χ1v) is 12.5. The second-order valence-corrected chi connectivity index (χ2v) is 10.3. The molecular weight excluding hydrogens is 440 g/mol. The molecule has 1 N–H and O–H groups in total. The molecule has 0 spiro atoms. The maximum absolute atomic E-state index is 11.7. The molecule has 0 aliphatic heterocycles. The predicted octanol–water partition coefficient (Wildman–Crippen LogP) is 7.91. The molecule has 0 atom stereocenters. The fourth-order valence-electron chi connectivity index (χ4n) is 4.77. The van der Waals surface area contributed by atoms with E-state index in [0.29, 0.717) is 5.69 Å². The van der Waals surface area contributed by atoms with Gasteiger partial charge >= 0.3 is 0 Å². The number of rotatable bonds is 6. The van der Waals surface area contributed by atoms with Crippen molar-refractivity contribution in [2.75, 3.05) is 12.1 Å². The van der Waals surface area contributed by atoms with Crippen LogP contribution in [0.15, 0.2) is 114 Å². The van der Waals surface area contributed by atoms with Crippen LogP contribution in [0.3, 0.4) is 0 Å². The second-order valence-electron chi connectivity index (χ2n) is 10.3. The van der Waals surface area contributed by atoms with Gasteiger partial charge in [-0.2, -0.15) is 5.10 Å². The van der Waals surface area contributed by atoms with Gasteiger partial charge in [0.1, 0.15) is 11.4 Å². The fourth-order valence-corrected chi connectivity index (χ4v) is 4.77. The van der Waals surface area contributed by atoms with Crippen LogP contribution in [0.25, 0.3) is 0 Å². The van der Waals surface area contributed by atoms with Gasteiger partial charge in [-0.25, -0.2) is 0 Å². The fraction of sp³-hybridized carbons (Fsp3) is 0.242. The van der Waals surface area contributed by atoms with E-state index in [2.05, 4.69) is 76.2 Å². The lowest BCUT2D eigenvalue weighted by Crippen LogP contribution is -2.25. The summed E-state index contributed by atoms with van der Waals surface area (Å²) < 4.78 is 0. The molecule has 0 heterocycles. The first-order chi connectivity index (χ1) is 17.2. The number of benzene rings is 3.